The number of benzene rings is 2. The van der Waals surface area contributed by atoms with Gasteiger partial charge in [-0.25, -0.2) is 4.79 Å². The van der Waals surface area contributed by atoms with E-state index in [1.165, 1.54) is 0 Å². The van der Waals surface area contributed by atoms with Crippen molar-refractivity contribution in [2.24, 2.45) is 0 Å². The monoisotopic (exact) mass is 283 g/mol. The lowest BCUT2D eigenvalue weighted by molar-refractivity contribution is -0.135. The van der Waals surface area contributed by atoms with Gasteiger partial charge in [-0.3, -0.25) is 4.79 Å². The molecule has 108 valence electrons. The lowest BCUT2D eigenvalue weighted by Gasteiger charge is -2.07. The normalized spacial score (nSPS) is 9.95. The molecular formula is C17H17NO3. The van der Waals surface area contributed by atoms with Crippen LogP contribution in [0.4, 0.5) is 0 Å². The lowest BCUT2D eigenvalue weighted by atomic mass is 10.1. The number of rotatable bonds is 5. The maximum absolute atomic E-state index is 11.7. The molecule has 0 saturated carbocycles. The van der Waals surface area contributed by atoms with Gasteiger partial charge in [0.15, 0.2) is 0 Å². The second kappa shape index (κ2) is 7.24. The summed E-state index contributed by atoms with van der Waals surface area (Å²) in [5, 5.41) is 2.55. The smallest absolute Gasteiger partial charge is 0.330 e. The topological polar surface area (TPSA) is 55.4 Å². The summed E-state index contributed by atoms with van der Waals surface area (Å²) in [5.74, 6) is -0.207. The summed E-state index contributed by atoms with van der Waals surface area (Å²) >= 11 is 0. The summed E-state index contributed by atoms with van der Waals surface area (Å²) in [5.41, 5.74) is 1.91. The molecule has 1 N–H and O–H groups in total. The van der Waals surface area contributed by atoms with Crippen molar-refractivity contribution < 1.29 is 14.3 Å². The van der Waals surface area contributed by atoms with Gasteiger partial charge in [-0.15, -0.1) is 0 Å². The first-order valence-corrected chi connectivity index (χ1v) is 6.71. The summed E-state index contributed by atoms with van der Waals surface area (Å²) in [6, 6.07) is 16.6. The van der Waals surface area contributed by atoms with Gasteiger partial charge in [-0.2, -0.15) is 0 Å². The number of carbonyl (C=O) groups excluding carboxylic acids is 2. The number of aryl methyl sites for hydroxylation is 1. The van der Waals surface area contributed by atoms with Crippen molar-refractivity contribution in [3.63, 3.8) is 0 Å². The van der Waals surface area contributed by atoms with Gasteiger partial charge in [0.2, 0.25) is 5.91 Å². The summed E-state index contributed by atoms with van der Waals surface area (Å²) in [4.78, 5) is 23.3. The predicted molar refractivity (Wildman–Crippen MR) is 80.0 cm³/mol. The van der Waals surface area contributed by atoms with E-state index in [2.05, 4.69) is 5.32 Å². The van der Waals surface area contributed by atoms with Crippen LogP contribution in [-0.2, 0) is 16.0 Å². The van der Waals surface area contributed by atoms with Crippen molar-refractivity contribution in [2.45, 2.75) is 13.3 Å². The first kappa shape index (κ1) is 14.8. The van der Waals surface area contributed by atoms with Crippen molar-refractivity contribution in [1.82, 2.24) is 5.32 Å². The fourth-order valence-corrected chi connectivity index (χ4v) is 1.86. The highest BCUT2D eigenvalue weighted by Crippen LogP contribution is 2.12. The molecule has 0 atom stereocenters. The van der Waals surface area contributed by atoms with Crippen LogP contribution in [0.25, 0.3) is 0 Å². The minimum Gasteiger partial charge on any atom is -0.425 e. The van der Waals surface area contributed by atoms with Gasteiger partial charge >= 0.3 is 5.97 Å². The summed E-state index contributed by atoms with van der Waals surface area (Å²) in [6.07, 6.45) is 0.249. The Morgan fingerprint density at radius 3 is 2.52 bits per heavy atom. The first-order chi connectivity index (χ1) is 10.1. The molecule has 1 amide bonds. The van der Waals surface area contributed by atoms with E-state index >= 15 is 0 Å². The van der Waals surface area contributed by atoms with Crippen molar-refractivity contribution in [1.29, 1.82) is 0 Å². The number of carbonyl (C=O) groups is 2. The molecule has 0 unspecified atom stereocenters. The van der Waals surface area contributed by atoms with E-state index in [1.54, 1.807) is 12.1 Å². The van der Waals surface area contributed by atoms with Gasteiger partial charge in [-0.05, 0) is 30.2 Å². The van der Waals surface area contributed by atoms with E-state index in [0.717, 1.165) is 11.1 Å². The van der Waals surface area contributed by atoms with Crippen LogP contribution in [0.15, 0.2) is 54.6 Å². The number of esters is 1. The van der Waals surface area contributed by atoms with Crippen LogP contribution < -0.4 is 10.1 Å². The van der Waals surface area contributed by atoms with Crippen molar-refractivity contribution in [2.75, 3.05) is 6.54 Å². The second-order valence-electron chi connectivity index (χ2n) is 4.73. The van der Waals surface area contributed by atoms with Gasteiger partial charge in [0, 0.05) is 0 Å². The Kier molecular flexibility index (Phi) is 5.10. The Balaban J connectivity index is 1.77. The Morgan fingerprint density at radius 1 is 1.05 bits per heavy atom. The minimum absolute atomic E-state index is 0.139. The van der Waals surface area contributed by atoms with Crippen LogP contribution in [0.3, 0.4) is 0 Å². The standard InChI is InChI=1S/C17H17NO3/c1-13-6-5-9-15(10-13)21-17(20)12-18-16(19)11-14-7-3-2-4-8-14/h2-10H,11-12H2,1H3,(H,18,19). The Bertz CT molecular complexity index is 623. The Labute approximate surface area is 123 Å². The van der Waals surface area contributed by atoms with Crippen LogP contribution in [0, 0.1) is 6.92 Å². The van der Waals surface area contributed by atoms with E-state index < -0.39 is 5.97 Å². The molecule has 0 aliphatic carbocycles. The quantitative estimate of drug-likeness (QED) is 0.676. The molecule has 0 aliphatic heterocycles. The van der Waals surface area contributed by atoms with Gasteiger partial charge in [0.25, 0.3) is 0 Å². The molecule has 0 radical (unpaired) electrons. The number of hydrogen-bond donors (Lipinski definition) is 1. The molecule has 4 nitrogen and oxygen atoms in total. The highest BCUT2D eigenvalue weighted by molar-refractivity contribution is 5.84. The Morgan fingerprint density at radius 2 is 1.81 bits per heavy atom. The molecule has 2 aromatic rings. The van der Waals surface area contributed by atoms with Crippen LogP contribution in [0.5, 0.6) is 5.75 Å². The summed E-state index contributed by atoms with van der Waals surface area (Å²) in [6.45, 7) is 1.78. The molecule has 0 aliphatic rings. The molecular weight excluding hydrogens is 266 g/mol. The highest BCUT2D eigenvalue weighted by atomic mass is 16.5. The van der Waals surface area contributed by atoms with Crippen LogP contribution in [-0.4, -0.2) is 18.4 Å². The number of amides is 1. The summed E-state index contributed by atoms with van der Waals surface area (Å²) in [7, 11) is 0. The van der Waals surface area contributed by atoms with Crippen molar-refractivity contribution >= 4 is 11.9 Å². The van der Waals surface area contributed by atoms with E-state index in [9.17, 15) is 9.59 Å². The largest absolute Gasteiger partial charge is 0.425 e. The zero-order chi connectivity index (χ0) is 15.1. The van der Waals surface area contributed by atoms with Crippen LogP contribution in [0.2, 0.25) is 0 Å². The molecule has 21 heavy (non-hydrogen) atoms. The zero-order valence-electron chi connectivity index (χ0n) is 11.8. The van der Waals surface area contributed by atoms with Crippen molar-refractivity contribution in [3.05, 3.63) is 65.7 Å². The molecule has 2 aromatic carbocycles. The number of ether oxygens (including phenoxy) is 1. The third-order valence-electron chi connectivity index (χ3n) is 2.86. The van der Waals surface area contributed by atoms with Gasteiger partial charge < -0.3 is 10.1 Å². The molecule has 4 heteroatoms. The van der Waals surface area contributed by atoms with Crippen LogP contribution >= 0.6 is 0 Å². The molecule has 0 bridgehead atoms. The third kappa shape index (κ3) is 5.10. The predicted octanol–water partition coefficient (Wildman–Crippen LogP) is 2.26. The molecule has 0 fully saturated rings. The fraction of sp³-hybridized carbons (Fsp3) is 0.176. The number of hydrogen-bond acceptors (Lipinski definition) is 3. The Hall–Kier alpha value is -2.62. The lowest BCUT2D eigenvalue weighted by Crippen LogP contribution is -2.32. The number of nitrogens with one attached hydrogen (secondary N) is 1. The summed E-state index contributed by atoms with van der Waals surface area (Å²) < 4.78 is 5.14. The highest BCUT2D eigenvalue weighted by Gasteiger charge is 2.08. The van der Waals surface area contributed by atoms with Crippen LogP contribution in [0.1, 0.15) is 11.1 Å². The minimum atomic E-state index is -0.484. The molecule has 0 aromatic heterocycles. The van der Waals surface area contributed by atoms with E-state index in [4.69, 9.17) is 4.74 Å². The van der Waals surface area contributed by atoms with E-state index in [0.29, 0.717) is 5.75 Å². The maximum atomic E-state index is 11.7. The maximum Gasteiger partial charge on any atom is 0.330 e. The third-order valence-corrected chi connectivity index (χ3v) is 2.86. The average Bonchev–Trinajstić information content (AvgIpc) is 2.46. The van der Waals surface area contributed by atoms with Gasteiger partial charge in [0.05, 0.1) is 6.42 Å². The molecule has 2 rings (SSSR count). The molecule has 0 saturated heterocycles. The molecule has 0 spiro atoms. The zero-order valence-corrected chi connectivity index (χ0v) is 11.8. The average molecular weight is 283 g/mol. The molecule has 0 heterocycles. The SMILES string of the molecule is Cc1cccc(OC(=O)CNC(=O)Cc2ccccc2)c1. The second-order valence-corrected chi connectivity index (χ2v) is 4.73. The van der Waals surface area contributed by atoms with Gasteiger partial charge in [-0.1, -0.05) is 42.5 Å². The van der Waals surface area contributed by atoms with Crippen molar-refractivity contribution in [3.8, 4) is 5.75 Å². The first-order valence-electron chi connectivity index (χ1n) is 6.71. The van der Waals surface area contributed by atoms with Gasteiger partial charge in [0.1, 0.15) is 12.3 Å². The van der Waals surface area contributed by atoms with E-state index in [-0.39, 0.29) is 18.9 Å². The fourth-order valence-electron chi connectivity index (χ4n) is 1.86. The van der Waals surface area contributed by atoms with E-state index in [1.807, 2.05) is 49.4 Å².